The topological polar surface area (TPSA) is 117 Å². The fourth-order valence-corrected chi connectivity index (χ4v) is 3.04. The van der Waals surface area contributed by atoms with Crippen molar-refractivity contribution in [3.63, 3.8) is 0 Å². The van der Waals surface area contributed by atoms with Crippen molar-refractivity contribution in [2.45, 2.75) is 12.5 Å². The fourth-order valence-electron chi connectivity index (χ4n) is 3.04. The van der Waals surface area contributed by atoms with E-state index >= 15 is 0 Å². The Hall–Kier alpha value is -3.88. The smallest absolute Gasteiger partial charge is 0.325 e. The molecule has 0 aliphatic carbocycles. The number of ether oxygens (including phenoxy) is 1. The van der Waals surface area contributed by atoms with E-state index in [1.165, 1.54) is 7.05 Å². The molecular weight excluding hydrogens is 388 g/mol. The normalized spacial score (nSPS) is 18.0. The zero-order chi connectivity index (χ0) is 21.7. The maximum absolute atomic E-state index is 12.9. The summed E-state index contributed by atoms with van der Waals surface area (Å²) in [5, 5.41) is 7.72. The number of nitrogens with zero attached hydrogens (tertiary/aromatic N) is 1. The molecule has 1 heterocycles. The standard InChI is InChI=1S/C21H22N4O5/c1-21(14-7-4-3-5-8-14)19(28)25(20(29)24-21)12-17(26)23-15-9-6-10-16(11-15)30-13-18(27)22-2/h3-11H,12-13H2,1-2H3,(H,22,27)(H,23,26)(H,24,29). The molecule has 2 aromatic rings. The number of anilines is 1. The van der Waals surface area contributed by atoms with Gasteiger partial charge in [-0.2, -0.15) is 0 Å². The highest BCUT2D eigenvalue weighted by molar-refractivity contribution is 6.10. The number of rotatable bonds is 7. The summed E-state index contributed by atoms with van der Waals surface area (Å²) in [6, 6.07) is 14.7. The highest BCUT2D eigenvalue weighted by Crippen LogP contribution is 2.28. The number of amides is 5. The van der Waals surface area contributed by atoms with Crippen molar-refractivity contribution < 1.29 is 23.9 Å². The first-order chi connectivity index (χ1) is 14.3. The van der Waals surface area contributed by atoms with Crippen molar-refractivity contribution in [3.05, 3.63) is 60.2 Å². The Balaban J connectivity index is 1.64. The second-order valence-electron chi connectivity index (χ2n) is 6.85. The second-order valence-corrected chi connectivity index (χ2v) is 6.85. The molecule has 5 amide bonds. The molecule has 0 radical (unpaired) electrons. The number of carbonyl (C=O) groups excluding carboxylic acids is 4. The van der Waals surface area contributed by atoms with Crippen LogP contribution in [0.4, 0.5) is 10.5 Å². The fraction of sp³-hybridized carbons (Fsp3) is 0.238. The Morgan fingerprint density at radius 2 is 1.80 bits per heavy atom. The summed E-state index contributed by atoms with van der Waals surface area (Å²) in [5.41, 5.74) is -0.189. The molecule has 0 bridgehead atoms. The predicted molar refractivity (Wildman–Crippen MR) is 109 cm³/mol. The summed E-state index contributed by atoms with van der Waals surface area (Å²) in [6.45, 7) is 1.01. The number of imide groups is 1. The van der Waals surface area contributed by atoms with Crippen molar-refractivity contribution in [1.82, 2.24) is 15.5 Å². The van der Waals surface area contributed by atoms with Gasteiger partial charge in [0.1, 0.15) is 17.8 Å². The van der Waals surface area contributed by atoms with Gasteiger partial charge < -0.3 is 20.7 Å². The molecule has 0 saturated carbocycles. The third-order valence-corrected chi connectivity index (χ3v) is 4.69. The summed E-state index contributed by atoms with van der Waals surface area (Å²) in [4.78, 5) is 49.8. The summed E-state index contributed by atoms with van der Waals surface area (Å²) in [5.74, 6) is -0.941. The lowest BCUT2D eigenvalue weighted by atomic mass is 9.92. The largest absolute Gasteiger partial charge is 0.484 e. The minimum atomic E-state index is -1.23. The second kappa shape index (κ2) is 8.64. The summed E-state index contributed by atoms with van der Waals surface area (Å²) in [7, 11) is 1.50. The van der Waals surface area contributed by atoms with E-state index in [0.717, 1.165) is 4.90 Å². The van der Waals surface area contributed by atoms with Gasteiger partial charge in [-0.25, -0.2) is 4.79 Å². The van der Waals surface area contributed by atoms with Gasteiger partial charge in [-0.3, -0.25) is 19.3 Å². The lowest BCUT2D eigenvalue weighted by molar-refractivity contribution is -0.133. The molecule has 1 fully saturated rings. The van der Waals surface area contributed by atoms with Crippen molar-refractivity contribution in [2.75, 3.05) is 25.5 Å². The van der Waals surface area contributed by atoms with Crippen molar-refractivity contribution in [2.24, 2.45) is 0 Å². The highest BCUT2D eigenvalue weighted by atomic mass is 16.5. The van der Waals surface area contributed by atoms with Crippen LogP contribution in [0.1, 0.15) is 12.5 Å². The average Bonchev–Trinajstić information content (AvgIpc) is 2.96. The van der Waals surface area contributed by atoms with E-state index in [2.05, 4.69) is 16.0 Å². The molecule has 1 atom stereocenters. The number of benzene rings is 2. The first-order valence-electron chi connectivity index (χ1n) is 9.26. The van der Waals surface area contributed by atoms with Crippen LogP contribution in [-0.4, -0.2) is 48.9 Å². The third kappa shape index (κ3) is 4.40. The lowest BCUT2D eigenvalue weighted by Gasteiger charge is -2.22. The van der Waals surface area contributed by atoms with Crippen LogP contribution in [0.25, 0.3) is 0 Å². The Morgan fingerprint density at radius 3 is 2.50 bits per heavy atom. The number of hydrogen-bond acceptors (Lipinski definition) is 5. The Labute approximate surface area is 173 Å². The van der Waals surface area contributed by atoms with E-state index < -0.39 is 29.9 Å². The monoisotopic (exact) mass is 410 g/mol. The van der Waals surface area contributed by atoms with E-state index in [0.29, 0.717) is 17.0 Å². The third-order valence-electron chi connectivity index (χ3n) is 4.69. The van der Waals surface area contributed by atoms with Crippen LogP contribution in [0, 0.1) is 0 Å². The van der Waals surface area contributed by atoms with Crippen molar-refractivity contribution in [1.29, 1.82) is 0 Å². The van der Waals surface area contributed by atoms with Crippen LogP contribution in [0.5, 0.6) is 5.75 Å². The van der Waals surface area contributed by atoms with Crippen LogP contribution in [0.3, 0.4) is 0 Å². The number of urea groups is 1. The summed E-state index contributed by atoms with van der Waals surface area (Å²) in [6.07, 6.45) is 0. The highest BCUT2D eigenvalue weighted by Gasteiger charge is 2.49. The molecule has 30 heavy (non-hydrogen) atoms. The SMILES string of the molecule is CNC(=O)COc1cccc(NC(=O)CN2C(=O)NC(C)(c3ccccc3)C2=O)c1. The van der Waals surface area contributed by atoms with Crippen molar-refractivity contribution >= 4 is 29.4 Å². The van der Waals surface area contributed by atoms with Gasteiger partial charge in [0, 0.05) is 18.8 Å². The minimum absolute atomic E-state index is 0.158. The van der Waals surface area contributed by atoms with Gasteiger partial charge in [-0.05, 0) is 24.6 Å². The first kappa shape index (κ1) is 20.8. The molecule has 0 aromatic heterocycles. The van der Waals surface area contributed by atoms with E-state index in [9.17, 15) is 19.2 Å². The van der Waals surface area contributed by atoms with Gasteiger partial charge in [-0.15, -0.1) is 0 Å². The number of likely N-dealkylation sites (N-methyl/N-ethyl adjacent to an activating group) is 1. The molecule has 3 rings (SSSR count). The van der Waals surface area contributed by atoms with Crippen LogP contribution in [-0.2, 0) is 19.9 Å². The molecule has 3 N–H and O–H groups in total. The van der Waals surface area contributed by atoms with E-state index in [4.69, 9.17) is 4.74 Å². The van der Waals surface area contributed by atoms with E-state index in [-0.39, 0.29) is 12.5 Å². The quantitative estimate of drug-likeness (QED) is 0.594. The number of nitrogens with one attached hydrogen (secondary N) is 3. The van der Waals surface area contributed by atoms with Crippen LogP contribution >= 0.6 is 0 Å². The molecule has 156 valence electrons. The van der Waals surface area contributed by atoms with Gasteiger partial charge in [0.2, 0.25) is 5.91 Å². The predicted octanol–water partition coefficient (Wildman–Crippen LogP) is 1.22. The van der Waals surface area contributed by atoms with Crippen molar-refractivity contribution in [3.8, 4) is 5.75 Å². The molecule has 0 spiro atoms. The number of hydrogen-bond donors (Lipinski definition) is 3. The maximum atomic E-state index is 12.9. The molecule has 1 saturated heterocycles. The molecule has 9 nitrogen and oxygen atoms in total. The Bertz CT molecular complexity index is 978. The van der Waals surface area contributed by atoms with Gasteiger partial charge >= 0.3 is 6.03 Å². The first-order valence-corrected chi connectivity index (χ1v) is 9.26. The van der Waals surface area contributed by atoms with Gasteiger partial charge in [-0.1, -0.05) is 36.4 Å². The Morgan fingerprint density at radius 1 is 1.07 bits per heavy atom. The molecule has 1 aliphatic rings. The molecular formula is C21H22N4O5. The van der Waals surface area contributed by atoms with Crippen LogP contribution < -0.4 is 20.7 Å². The van der Waals surface area contributed by atoms with Crippen LogP contribution in [0.2, 0.25) is 0 Å². The maximum Gasteiger partial charge on any atom is 0.325 e. The molecule has 1 unspecified atom stereocenters. The van der Waals surface area contributed by atoms with Gasteiger partial charge in [0.15, 0.2) is 6.61 Å². The van der Waals surface area contributed by atoms with E-state index in [1.54, 1.807) is 55.5 Å². The summed E-state index contributed by atoms with van der Waals surface area (Å²) >= 11 is 0. The van der Waals surface area contributed by atoms with E-state index in [1.807, 2.05) is 6.07 Å². The molecule has 9 heteroatoms. The molecule has 2 aromatic carbocycles. The molecule has 1 aliphatic heterocycles. The lowest BCUT2D eigenvalue weighted by Crippen LogP contribution is -2.42. The number of carbonyl (C=O) groups is 4. The van der Waals surface area contributed by atoms with Crippen LogP contribution in [0.15, 0.2) is 54.6 Å². The zero-order valence-electron chi connectivity index (χ0n) is 16.6. The van der Waals surface area contributed by atoms with Gasteiger partial charge in [0.05, 0.1) is 0 Å². The Kier molecular flexibility index (Phi) is 6.01. The average molecular weight is 410 g/mol. The van der Waals surface area contributed by atoms with Gasteiger partial charge in [0.25, 0.3) is 11.8 Å². The minimum Gasteiger partial charge on any atom is -0.484 e. The zero-order valence-corrected chi connectivity index (χ0v) is 16.6. The summed E-state index contributed by atoms with van der Waals surface area (Å²) < 4.78 is 5.33.